The van der Waals surface area contributed by atoms with E-state index in [1.807, 2.05) is 18.2 Å². The molecule has 1 saturated heterocycles. The van der Waals surface area contributed by atoms with E-state index in [-0.39, 0.29) is 11.9 Å². The maximum atomic E-state index is 11.3. The van der Waals surface area contributed by atoms with Crippen molar-refractivity contribution in [1.29, 1.82) is 0 Å². The third kappa shape index (κ3) is 3.01. The minimum atomic E-state index is 0.101. The Kier molecular flexibility index (Phi) is 4.06. The molecule has 0 bridgehead atoms. The number of nitrogens with two attached hydrogens (primary N) is 1. The largest absolute Gasteiger partial charge is 0.355 e. The number of nitrogens with zero attached hydrogens (tertiary/aromatic N) is 2. The molecule has 1 aromatic heterocycles. The Hall–Kier alpha value is -1.46. The molecule has 92 valence electrons. The minimum absolute atomic E-state index is 0.101. The zero-order valence-corrected chi connectivity index (χ0v) is 9.80. The van der Waals surface area contributed by atoms with Crippen LogP contribution in [0.4, 0.5) is 0 Å². The number of hydrogen-bond acceptors (Lipinski definition) is 4. The Morgan fingerprint density at radius 3 is 3.06 bits per heavy atom. The van der Waals surface area contributed by atoms with Crippen molar-refractivity contribution in [3.63, 3.8) is 0 Å². The average molecular weight is 234 g/mol. The van der Waals surface area contributed by atoms with Crippen LogP contribution in [0.25, 0.3) is 0 Å². The van der Waals surface area contributed by atoms with Gasteiger partial charge in [-0.3, -0.25) is 14.7 Å². The van der Waals surface area contributed by atoms with Crippen molar-refractivity contribution in [2.24, 2.45) is 5.73 Å². The van der Waals surface area contributed by atoms with Crippen LogP contribution in [0.15, 0.2) is 24.4 Å². The molecule has 17 heavy (non-hydrogen) atoms. The quantitative estimate of drug-likeness (QED) is 0.766. The molecule has 1 fully saturated rings. The Bertz CT molecular complexity index is 368. The number of nitrogens with one attached hydrogen (secondary N) is 1. The van der Waals surface area contributed by atoms with Crippen LogP contribution in [0.5, 0.6) is 0 Å². The predicted molar refractivity (Wildman–Crippen MR) is 65.2 cm³/mol. The van der Waals surface area contributed by atoms with Gasteiger partial charge in [-0.05, 0) is 12.1 Å². The summed E-state index contributed by atoms with van der Waals surface area (Å²) in [5, 5.41) is 2.86. The molecule has 3 N–H and O–H groups in total. The second-order valence-corrected chi connectivity index (χ2v) is 4.14. The molecule has 1 aliphatic heterocycles. The normalized spacial score (nSPS) is 19.5. The van der Waals surface area contributed by atoms with Gasteiger partial charge in [0.25, 0.3) is 0 Å². The summed E-state index contributed by atoms with van der Waals surface area (Å²) in [5.41, 5.74) is 6.81. The fourth-order valence-electron chi connectivity index (χ4n) is 2.13. The molecule has 5 heteroatoms. The summed E-state index contributed by atoms with van der Waals surface area (Å²) < 4.78 is 0. The zero-order chi connectivity index (χ0) is 12.1. The third-order valence-electron chi connectivity index (χ3n) is 3.04. The Morgan fingerprint density at radius 1 is 1.47 bits per heavy atom. The molecule has 1 amide bonds. The molecular formula is C12H18N4O. The Balaban J connectivity index is 2.10. The lowest BCUT2D eigenvalue weighted by atomic mass is 10.1. The molecule has 2 rings (SSSR count). The highest BCUT2D eigenvalue weighted by Crippen LogP contribution is 2.17. The maximum Gasteiger partial charge on any atom is 0.221 e. The monoisotopic (exact) mass is 234 g/mol. The number of carbonyl (C=O) groups excluding carboxylic acids is 1. The summed E-state index contributed by atoms with van der Waals surface area (Å²) in [6.07, 6.45) is 2.31. The lowest BCUT2D eigenvalue weighted by molar-refractivity contribution is -0.120. The smallest absolute Gasteiger partial charge is 0.221 e. The lowest BCUT2D eigenvalue weighted by Crippen LogP contribution is -2.36. The molecule has 0 aromatic carbocycles. The van der Waals surface area contributed by atoms with Crippen LogP contribution in [-0.2, 0) is 4.79 Å². The summed E-state index contributed by atoms with van der Waals surface area (Å²) in [7, 11) is 0. The summed E-state index contributed by atoms with van der Waals surface area (Å²) in [6, 6.07) is 5.94. The van der Waals surface area contributed by atoms with E-state index in [0.29, 0.717) is 19.5 Å². The summed E-state index contributed by atoms with van der Waals surface area (Å²) >= 11 is 0. The van der Waals surface area contributed by atoms with Gasteiger partial charge in [0.05, 0.1) is 11.7 Å². The average Bonchev–Trinajstić information content (AvgIpc) is 2.57. The van der Waals surface area contributed by atoms with Gasteiger partial charge < -0.3 is 11.1 Å². The van der Waals surface area contributed by atoms with Crippen molar-refractivity contribution >= 4 is 5.91 Å². The highest BCUT2D eigenvalue weighted by atomic mass is 16.1. The van der Waals surface area contributed by atoms with Gasteiger partial charge in [0, 0.05) is 38.8 Å². The third-order valence-corrected chi connectivity index (χ3v) is 3.04. The maximum absolute atomic E-state index is 11.3. The van der Waals surface area contributed by atoms with Crippen LogP contribution < -0.4 is 11.1 Å². The molecular weight excluding hydrogens is 216 g/mol. The van der Waals surface area contributed by atoms with Gasteiger partial charge in [-0.15, -0.1) is 0 Å². The molecule has 1 unspecified atom stereocenters. The van der Waals surface area contributed by atoms with Crippen molar-refractivity contribution in [2.75, 3.05) is 26.2 Å². The molecule has 2 heterocycles. The standard InChI is InChI=1S/C12H18N4O/c13-9-11(10-3-1-2-5-14-10)16-7-4-12(17)15-6-8-16/h1-3,5,11H,4,6-9,13H2,(H,15,17). The van der Waals surface area contributed by atoms with Crippen molar-refractivity contribution in [3.05, 3.63) is 30.1 Å². The van der Waals surface area contributed by atoms with E-state index in [0.717, 1.165) is 18.8 Å². The van der Waals surface area contributed by atoms with Gasteiger partial charge in [-0.1, -0.05) is 6.07 Å². The SMILES string of the molecule is NCC(c1ccccn1)N1CCNC(=O)CC1. The van der Waals surface area contributed by atoms with E-state index in [1.54, 1.807) is 6.20 Å². The van der Waals surface area contributed by atoms with E-state index < -0.39 is 0 Å². The van der Waals surface area contributed by atoms with Gasteiger partial charge in [0.1, 0.15) is 0 Å². The Morgan fingerprint density at radius 2 is 2.35 bits per heavy atom. The lowest BCUT2D eigenvalue weighted by Gasteiger charge is -2.28. The number of rotatable bonds is 3. The van der Waals surface area contributed by atoms with Gasteiger partial charge in [0.15, 0.2) is 0 Å². The van der Waals surface area contributed by atoms with E-state index in [9.17, 15) is 4.79 Å². The van der Waals surface area contributed by atoms with E-state index in [1.165, 1.54) is 0 Å². The van der Waals surface area contributed by atoms with Crippen LogP contribution in [-0.4, -0.2) is 42.0 Å². The van der Waals surface area contributed by atoms with Crippen LogP contribution in [0.2, 0.25) is 0 Å². The molecule has 1 aromatic rings. The first-order valence-corrected chi connectivity index (χ1v) is 5.93. The minimum Gasteiger partial charge on any atom is -0.355 e. The fourth-order valence-corrected chi connectivity index (χ4v) is 2.13. The van der Waals surface area contributed by atoms with Crippen molar-refractivity contribution in [1.82, 2.24) is 15.2 Å². The highest BCUT2D eigenvalue weighted by molar-refractivity contribution is 5.76. The van der Waals surface area contributed by atoms with Crippen LogP contribution >= 0.6 is 0 Å². The van der Waals surface area contributed by atoms with Crippen LogP contribution in [0, 0.1) is 0 Å². The van der Waals surface area contributed by atoms with Crippen LogP contribution in [0.3, 0.4) is 0 Å². The predicted octanol–water partition coefficient (Wildman–Crippen LogP) is -0.0967. The number of hydrogen-bond donors (Lipinski definition) is 2. The van der Waals surface area contributed by atoms with Crippen molar-refractivity contribution in [2.45, 2.75) is 12.5 Å². The first-order valence-electron chi connectivity index (χ1n) is 5.93. The van der Waals surface area contributed by atoms with E-state index in [2.05, 4.69) is 15.2 Å². The molecule has 1 atom stereocenters. The van der Waals surface area contributed by atoms with Gasteiger partial charge in [0.2, 0.25) is 5.91 Å². The number of aromatic nitrogens is 1. The first-order chi connectivity index (χ1) is 8.31. The second kappa shape index (κ2) is 5.75. The molecule has 0 aliphatic carbocycles. The van der Waals surface area contributed by atoms with E-state index in [4.69, 9.17) is 5.73 Å². The molecule has 0 radical (unpaired) electrons. The van der Waals surface area contributed by atoms with Crippen LogP contribution in [0.1, 0.15) is 18.2 Å². The van der Waals surface area contributed by atoms with E-state index >= 15 is 0 Å². The molecule has 1 aliphatic rings. The summed E-state index contributed by atoms with van der Waals surface area (Å²) in [4.78, 5) is 17.9. The zero-order valence-electron chi connectivity index (χ0n) is 9.80. The summed E-state index contributed by atoms with van der Waals surface area (Å²) in [6.45, 7) is 2.77. The number of pyridine rings is 1. The first kappa shape index (κ1) is 12.0. The summed E-state index contributed by atoms with van der Waals surface area (Å²) in [5.74, 6) is 0.115. The van der Waals surface area contributed by atoms with Gasteiger partial charge >= 0.3 is 0 Å². The fraction of sp³-hybridized carbons (Fsp3) is 0.500. The van der Waals surface area contributed by atoms with Gasteiger partial charge in [-0.25, -0.2) is 0 Å². The molecule has 5 nitrogen and oxygen atoms in total. The number of carbonyl (C=O) groups is 1. The second-order valence-electron chi connectivity index (χ2n) is 4.14. The highest BCUT2D eigenvalue weighted by Gasteiger charge is 2.22. The van der Waals surface area contributed by atoms with Crippen molar-refractivity contribution in [3.8, 4) is 0 Å². The molecule has 0 spiro atoms. The van der Waals surface area contributed by atoms with Gasteiger partial charge in [-0.2, -0.15) is 0 Å². The van der Waals surface area contributed by atoms with Crippen molar-refractivity contribution < 1.29 is 4.79 Å². The molecule has 0 saturated carbocycles. The Labute approximate surface area is 101 Å². The topological polar surface area (TPSA) is 71.2 Å². The number of amides is 1.